The van der Waals surface area contributed by atoms with Gasteiger partial charge in [-0.1, -0.05) is 42.5 Å². The van der Waals surface area contributed by atoms with Crippen molar-refractivity contribution >= 4 is 16.8 Å². The third-order valence-corrected chi connectivity index (χ3v) is 5.42. The van der Waals surface area contributed by atoms with Gasteiger partial charge in [-0.3, -0.25) is 4.79 Å². The van der Waals surface area contributed by atoms with Crippen LogP contribution >= 0.6 is 0 Å². The third-order valence-electron chi connectivity index (χ3n) is 5.42. The Balaban J connectivity index is 1.50. The Labute approximate surface area is 168 Å². The predicted octanol–water partition coefficient (Wildman–Crippen LogP) is 3.90. The maximum atomic E-state index is 13.2. The normalized spacial score (nSPS) is 13.4. The first kappa shape index (κ1) is 17.5. The van der Waals surface area contributed by atoms with E-state index in [9.17, 15) is 4.79 Å². The van der Waals surface area contributed by atoms with Gasteiger partial charge in [-0.15, -0.1) is 0 Å². The van der Waals surface area contributed by atoms with Crippen molar-refractivity contribution in [2.75, 3.05) is 0 Å². The van der Waals surface area contributed by atoms with Crippen LogP contribution in [0.15, 0.2) is 67.0 Å². The van der Waals surface area contributed by atoms with Crippen molar-refractivity contribution in [3.63, 3.8) is 0 Å². The highest BCUT2D eigenvalue weighted by Gasteiger charge is 2.24. The first-order valence-corrected chi connectivity index (χ1v) is 9.74. The summed E-state index contributed by atoms with van der Waals surface area (Å²) in [6.07, 6.45) is 5.22. The van der Waals surface area contributed by atoms with Crippen molar-refractivity contribution in [3.05, 3.63) is 89.5 Å². The molecule has 0 radical (unpaired) electrons. The summed E-state index contributed by atoms with van der Waals surface area (Å²) in [5.41, 5.74) is 5.53. The number of nitrogens with one attached hydrogen (secondary N) is 1. The van der Waals surface area contributed by atoms with Gasteiger partial charge in [0.05, 0.1) is 16.8 Å². The standard InChI is InChI=1S/C24H20N4O/c1-15-25-13-18(14-26-15)23-12-21(20-8-4-5-9-22(20)28-23)24(29)27-19-10-16-6-2-3-7-17(16)11-19/h2-9,12-14,19H,10-11H2,1H3,(H,27,29). The largest absolute Gasteiger partial charge is 0.349 e. The van der Waals surface area contributed by atoms with Crippen LogP contribution in [0.1, 0.15) is 27.3 Å². The van der Waals surface area contributed by atoms with Crippen molar-refractivity contribution < 1.29 is 4.79 Å². The maximum Gasteiger partial charge on any atom is 0.252 e. The van der Waals surface area contributed by atoms with Gasteiger partial charge in [0, 0.05) is 29.4 Å². The summed E-state index contributed by atoms with van der Waals surface area (Å²) in [7, 11) is 0. The lowest BCUT2D eigenvalue weighted by Gasteiger charge is -2.14. The van der Waals surface area contributed by atoms with Gasteiger partial charge in [0.2, 0.25) is 0 Å². The van der Waals surface area contributed by atoms with Crippen molar-refractivity contribution in [1.29, 1.82) is 0 Å². The molecule has 0 atom stereocenters. The topological polar surface area (TPSA) is 67.8 Å². The Morgan fingerprint density at radius 2 is 1.62 bits per heavy atom. The van der Waals surface area contributed by atoms with E-state index in [1.165, 1.54) is 11.1 Å². The quantitative estimate of drug-likeness (QED) is 0.585. The summed E-state index contributed by atoms with van der Waals surface area (Å²) in [4.78, 5) is 26.5. The molecule has 0 saturated carbocycles. The molecule has 0 saturated heterocycles. The minimum absolute atomic E-state index is 0.0734. The molecular formula is C24H20N4O. The van der Waals surface area contributed by atoms with E-state index in [0.29, 0.717) is 17.1 Å². The zero-order chi connectivity index (χ0) is 19.8. The molecule has 5 rings (SSSR count). The predicted molar refractivity (Wildman–Crippen MR) is 113 cm³/mol. The number of carbonyl (C=O) groups excluding carboxylic acids is 1. The number of aromatic nitrogens is 3. The lowest BCUT2D eigenvalue weighted by molar-refractivity contribution is 0.0940. The number of fused-ring (bicyclic) bond motifs is 2. The molecule has 2 aromatic heterocycles. The molecular weight excluding hydrogens is 360 g/mol. The summed E-state index contributed by atoms with van der Waals surface area (Å²) < 4.78 is 0. The van der Waals surface area contributed by atoms with Crippen molar-refractivity contribution in [2.24, 2.45) is 0 Å². The first-order valence-electron chi connectivity index (χ1n) is 9.74. The van der Waals surface area contributed by atoms with Crippen LogP contribution in [0.2, 0.25) is 0 Å². The van der Waals surface area contributed by atoms with E-state index in [1.807, 2.05) is 37.3 Å². The Morgan fingerprint density at radius 3 is 2.34 bits per heavy atom. The van der Waals surface area contributed by atoms with Crippen LogP contribution < -0.4 is 5.32 Å². The van der Waals surface area contributed by atoms with Crippen LogP contribution in [0.25, 0.3) is 22.2 Å². The monoisotopic (exact) mass is 380 g/mol. The van der Waals surface area contributed by atoms with Gasteiger partial charge >= 0.3 is 0 Å². The maximum absolute atomic E-state index is 13.2. The van der Waals surface area contributed by atoms with Gasteiger partial charge < -0.3 is 5.32 Å². The average molecular weight is 380 g/mol. The lowest BCUT2D eigenvalue weighted by atomic mass is 10.0. The van der Waals surface area contributed by atoms with Crippen molar-refractivity contribution in [3.8, 4) is 11.3 Å². The molecule has 1 aliphatic rings. The second-order valence-electron chi connectivity index (χ2n) is 7.44. The van der Waals surface area contributed by atoms with Crippen LogP contribution in [0, 0.1) is 6.92 Å². The van der Waals surface area contributed by atoms with Gasteiger partial charge in [0.25, 0.3) is 5.91 Å². The Morgan fingerprint density at radius 1 is 0.966 bits per heavy atom. The number of hydrogen-bond acceptors (Lipinski definition) is 4. The number of para-hydroxylation sites is 1. The van der Waals surface area contributed by atoms with Crippen LogP contribution in [0.3, 0.4) is 0 Å². The second-order valence-corrected chi connectivity index (χ2v) is 7.44. The van der Waals surface area contributed by atoms with E-state index in [1.54, 1.807) is 12.4 Å². The molecule has 2 heterocycles. The molecule has 0 unspecified atom stereocenters. The molecule has 0 bridgehead atoms. The summed E-state index contributed by atoms with van der Waals surface area (Å²) in [6, 6.07) is 18.1. The molecule has 4 aromatic rings. The molecule has 5 nitrogen and oxygen atoms in total. The minimum atomic E-state index is -0.0734. The summed E-state index contributed by atoms with van der Waals surface area (Å²) >= 11 is 0. The van der Waals surface area contributed by atoms with Gasteiger partial charge in [0.1, 0.15) is 5.82 Å². The zero-order valence-corrected chi connectivity index (χ0v) is 16.1. The zero-order valence-electron chi connectivity index (χ0n) is 16.1. The molecule has 0 spiro atoms. The molecule has 142 valence electrons. The molecule has 29 heavy (non-hydrogen) atoms. The van der Waals surface area contributed by atoms with Crippen LogP contribution in [0.4, 0.5) is 0 Å². The fourth-order valence-corrected chi connectivity index (χ4v) is 3.96. The third kappa shape index (κ3) is 3.36. The SMILES string of the molecule is Cc1ncc(-c2cc(C(=O)NC3Cc4ccccc4C3)c3ccccc3n2)cn1. The summed E-state index contributed by atoms with van der Waals surface area (Å²) in [5.74, 6) is 0.629. The van der Waals surface area contributed by atoms with Crippen LogP contribution in [0.5, 0.6) is 0 Å². The Bertz CT molecular complexity index is 1190. The van der Waals surface area contributed by atoms with Gasteiger partial charge in [-0.05, 0) is 43.0 Å². The summed E-state index contributed by atoms with van der Waals surface area (Å²) in [5, 5.41) is 4.07. The molecule has 5 heteroatoms. The van der Waals surface area contributed by atoms with Gasteiger partial charge in [-0.25, -0.2) is 15.0 Å². The van der Waals surface area contributed by atoms with Crippen molar-refractivity contribution in [1.82, 2.24) is 20.3 Å². The number of pyridine rings is 1. The summed E-state index contributed by atoms with van der Waals surface area (Å²) in [6.45, 7) is 1.84. The van der Waals surface area contributed by atoms with Crippen LogP contribution in [-0.4, -0.2) is 26.9 Å². The highest BCUT2D eigenvalue weighted by molar-refractivity contribution is 6.07. The van der Waals surface area contributed by atoms with Crippen LogP contribution in [-0.2, 0) is 12.8 Å². The average Bonchev–Trinajstić information content (AvgIpc) is 3.15. The fourth-order valence-electron chi connectivity index (χ4n) is 3.96. The van der Waals surface area contributed by atoms with Gasteiger partial charge in [0.15, 0.2) is 0 Å². The van der Waals surface area contributed by atoms with E-state index in [4.69, 9.17) is 4.98 Å². The molecule has 1 N–H and O–H groups in total. The lowest BCUT2D eigenvalue weighted by Crippen LogP contribution is -2.35. The Hall–Kier alpha value is -3.60. The molecule has 1 aliphatic carbocycles. The molecule has 2 aromatic carbocycles. The number of aryl methyl sites for hydroxylation is 1. The number of hydrogen-bond donors (Lipinski definition) is 1. The first-order chi connectivity index (χ1) is 14.2. The number of benzene rings is 2. The van der Waals surface area contributed by atoms with E-state index in [2.05, 4.69) is 39.6 Å². The number of rotatable bonds is 3. The number of nitrogens with zero attached hydrogens (tertiary/aromatic N) is 3. The van der Waals surface area contributed by atoms with Gasteiger partial charge in [-0.2, -0.15) is 0 Å². The highest BCUT2D eigenvalue weighted by atomic mass is 16.1. The molecule has 0 fully saturated rings. The van der Waals surface area contributed by atoms with Crippen molar-refractivity contribution in [2.45, 2.75) is 25.8 Å². The minimum Gasteiger partial charge on any atom is -0.349 e. The molecule has 0 aliphatic heterocycles. The van der Waals surface area contributed by atoms with E-state index >= 15 is 0 Å². The second kappa shape index (κ2) is 7.09. The smallest absolute Gasteiger partial charge is 0.252 e. The fraction of sp³-hybridized carbons (Fsp3) is 0.167. The van der Waals surface area contributed by atoms with E-state index in [0.717, 1.165) is 29.3 Å². The van der Waals surface area contributed by atoms with E-state index < -0.39 is 0 Å². The Kier molecular flexibility index (Phi) is 4.28. The number of amides is 1. The van der Waals surface area contributed by atoms with E-state index in [-0.39, 0.29) is 11.9 Å². The number of carbonyl (C=O) groups is 1. The highest BCUT2D eigenvalue weighted by Crippen LogP contribution is 2.26. The molecule has 1 amide bonds.